The Morgan fingerprint density at radius 3 is 2.93 bits per heavy atom. The summed E-state index contributed by atoms with van der Waals surface area (Å²) in [5.41, 5.74) is 1.69. The van der Waals surface area contributed by atoms with E-state index < -0.39 is 0 Å². The predicted octanol–water partition coefficient (Wildman–Crippen LogP) is 2.94. The number of carbonyl (C=O) groups is 1. The summed E-state index contributed by atoms with van der Waals surface area (Å²) in [6, 6.07) is 9.51. The number of pyridine rings is 1. The molecule has 0 fully saturated rings. The number of methoxy groups -OCH3 is 1. The highest BCUT2D eigenvalue weighted by molar-refractivity contribution is 5.78. The maximum atomic E-state index is 12.6. The lowest BCUT2D eigenvalue weighted by Crippen LogP contribution is -2.43. The number of aromatic nitrogens is 1. The number of hydrogen-bond donors (Lipinski definition) is 1. The molecular formula is C21H27N3O3. The third-order valence-electron chi connectivity index (χ3n) is 4.60. The minimum atomic E-state index is -0.346. The van der Waals surface area contributed by atoms with Crippen LogP contribution in [0.25, 0.3) is 0 Å². The van der Waals surface area contributed by atoms with E-state index in [2.05, 4.69) is 10.3 Å². The van der Waals surface area contributed by atoms with Crippen LogP contribution in [-0.4, -0.2) is 42.1 Å². The third kappa shape index (κ3) is 4.98. The van der Waals surface area contributed by atoms with Crippen molar-refractivity contribution in [3.8, 4) is 11.5 Å². The molecule has 1 unspecified atom stereocenters. The lowest BCUT2D eigenvalue weighted by atomic mass is 9.89. The van der Waals surface area contributed by atoms with Gasteiger partial charge in [-0.3, -0.25) is 14.7 Å². The molecule has 1 aromatic carbocycles. The normalized spacial score (nSPS) is 17.7. The first-order chi connectivity index (χ1) is 12.9. The van der Waals surface area contributed by atoms with Crippen LogP contribution in [-0.2, 0) is 11.3 Å². The molecule has 0 bridgehead atoms. The van der Waals surface area contributed by atoms with Crippen molar-refractivity contribution in [3.05, 3.63) is 53.9 Å². The van der Waals surface area contributed by atoms with Gasteiger partial charge in [0.15, 0.2) is 0 Å². The summed E-state index contributed by atoms with van der Waals surface area (Å²) in [4.78, 5) is 18.7. The molecule has 3 rings (SSSR count). The monoisotopic (exact) mass is 369 g/mol. The molecule has 6 nitrogen and oxygen atoms in total. The molecule has 27 heavy (non-hydrogen) atoms. The van der Waals surface area contributed by atoms with Crippen molar-refractivity contribution >= 4 is 5.91 Å². The van der Waals surface area contributed by atoms with Gasteiger partial charge in [0.05, 0.1) is 19.7 Å². The van der Waals surface area contributed by atoms with E-state index in [1.807, 2.05) is 62.3 Å². The number of likely N-dealkylation sites (N-methyl/N-ethyl adjacent to an activating group) is 1. The van der Waals surface area contributed by atoms with E-state index in [-0.39, 0.29) is 17.6 Å². The smallest absolute Gasteiger partial charge is 0.234 e. The summed E-state index contributed by atoms with van der Waals surface area (Å²) in [5.74, 6) is 1.53. The molecule has 0 saturated carbocycles. The number of hydrogen-bond acceptors (Lipinski definition) is 5. The maximum absolute atomic E-state index is 12.6. The second-order valence-electron chi connectivity index (χ2n) is 7.62. The second-order valence-corrected chi connectivity index (χ2v) is 7.62. The average Bonchev–Trinajstić information content (AvgIpc) is 2.61. The van der Waals surface area contributed by atoms with Gasteiger partial charge in [0.25, 0.3) is 0 Å². The van der Waals surface area contributed by atoms with Crippen LogP contribution >= 0.6 is 0 Å². The van der Waals surface area contributed by atoms with Crippen LogP contribution in [0.3, 0.4) is 0 Å². The van der Waals surface area contributed by atoms with Gasteiger partial charge in [-0.2, -0.15) is 0 Å². The van der Waals surface area contributed by atoms with E-state index in [0.29, 0.717) is 19.5 Å². The number of ether oxygens (including phenoxy) is 2. The van der Waals surface area contributed by atoms with Gasteiger partial charge < -0.3 is 14.8 Å². The van der Waals surface area contributed by atoms with Crippen molar-refractivity contribution in [3.63, 3.8) is 0 Å². The zero-order chi connectivity index (χ0) is 19.4. The van der Waals surface area contributed by atoms with Crippen molar-refractivity contribution in [2.45, 2.75) is 38.5 Å². The fourth-order valence-electron chi connectivity index (χ4n) is 3.43. The molecule has 2 heterocycles. The molecule has 144 valence electrons. The highest BCUT2D eigenvalue weighted by Gasteiger charge is 2.34. The summed E-state index contributed by atoms with van der Waals surface area (Å²) in [5, 5.41) is 3.17. The predicted molar refractivity (Wildman–Crippen MR) is 104 cm³/mol. The van der Waals surface area contributed by atoms with Crippen LogP contribution in [0.5, 0.6) is 11.5 Å². The molecule has 2 aromatic rings. The van der Waals surface area contributed by atoms with Crippen LogP contribution < -0.4 is 14.8 Å². The molecule has 0 aliphatic carbocycles. The van der Waals surface area contributed by atoms with Gasteiger partial charge in [-0.05, 0) is 50.7 Å². The number of amides is 1. The average molecular weight is 369 g/mol. The molecule has 1 amide bonds. The van der Waals surface area contributed by atoms with Crippen molar-refractivity contribution in [1.82, 2.24) is 15.2 Å². The molecule has 1 aliphatic rings. The Morgan fingerprint density at radius 1 is 1.41 bits per heavy atom. The molecule has 6 heteroatoms. The van der Waals surface area contributed by atoms with Crippen molar-refractivity contribution in [2.75, 3.05) is 20.7 Å². The van der Waals surface area contributed by atoms with Gasteiger partial charge in [-0.25, -0.2) is 0 Å². The molecule has 1 aliphatic heterocycles. The quantitative estimate of drug-likeness (QED) is 0.848. The maximum Gasteiger partial charge on any atom is 0.234 e. The van der Waals surface area contributed by atoms with E-state index in [0.717, 1.165) is 22.6 Å². The summed E-state index contributed by atoms with van der Waals surface area (Å²) in [6.45, 7) is 5.05. The van der Waals surface area contributed by atoms with Gasteiger partial charge in [0, 0.05) is 30.9 Å². The van der Waals surface area contributed by atoms with Crippen LogP contribution in [0.15, 0.2) is 42.7 Å². The fraction of sp³-hybridized carbons (Fsp3) is 0.429. The summed E-state index contributed by atoms with van der Waals surface area (Å²) >= 11 is 0. The molecule has 1 N–H and O–H groups in total. The molecule has 0 saturated heterocycles. The lowest BCUT2D eigenvalue weighted by Gasteiger charge is -2.38. The van der Waals surface area contributed by atoms with Gasteiger partial charge in [-0.1, -0.05) is 6.07 Å². The molecular weight excluding hydrogens is 342 g/mol. The highest BCUT2D eigenvalue weighted by atomic mass is 16.5. The Balaban J connectivity index is 1.68. The van der Waals surface area contributed by atoms with Crippen LogP contribution in [0.4, 0.5) is 0 Å². The fourth-order valence-corrected chi connectivity index (χ4v) is 3.43. The number of rotatable bonds is 6. The zero-order valence-electron chi connectivity index (χ0n) is 16.4. The minimum absolute atomic E-state index is 0.0159. The number of nitrogens with one attached hydrogen (secondary N) is 1. The van der Waals surface area contributed by atoms with E-state index in [1.54, 1.807) is 13.3 Å². The largest absolute Gasteiger partial charge is 0.497 e. The summed E-state index contributed by atoms with van der Waals surface area (Å²) < 4.78 is 11.4. The van der Waals surface area contributed by atoms with Crippen LogP contribution in [0, 0.1) is 0 Å². The van der Waals surface area contributed by atoms with Crippen molar-refractivity contribution in [2.24, 2.45) is 0 Å². The van der Waals surface area contributed by atoms with Crippen molar-refractivity contribution < 1.29 is 14.3 Å². The molecule has 1 atom stereocenters. The minimum Gasteiger partial charge on any atom is -0.497 e. The second kappa shape index (κ2) is 7.96. The SMILES string of the molecule is COc1ccc2c(c1)C(NC(=O)CN(C)Cc1cccnc1)CC(C)(C)O2. The molecule has 0 radical (unpaired) electrons. The third-order valence-corrected chi connectivity index (χ3v) is 4.60. The molecule has 0 spiro atoms. The Kier molecular flexibility index (Phi) is 5.65. The van der Waals surface area contributed by atoms with Gasteiger partial charge in [0.2, 0.25) is 5.91 Å². The summed E-state index contributed by atoms with van der Waals surface area (Å²) in [7, 11) is 3.56. The van der Waals surface area contributed by atoms with Gasteiger partial charge in [-0.15, -0.1) is 0 Å². The van der Waals surface area contributed by atoms with E-state index in [1.165, 1.54) is 0 Å². The Hall–Kier alpha value is -2.60. The Morgan fingerprint density at radius 2 is 2.22 bits per heavy atom. The standard InChI is InChI=1S/C21H27N3O3/c1-21(2)11-18(17-10-16(26-4)7-8-19(17)27-21)23-20(25)14-24(3)13-15-6-5-9-22-12-15/h5-10,12,18H,11,13-14H2,1-4H3,(H,23,25). The van der Waals surface area contributed by atoms with E-state index in [9.17, 15) is 4.79 Å². The molecule has 1 aromatic heterocycles. The number of nitrogens with zero attached hydrogens (tertiary/aromatic N) is 2. The first-order valence-corrected chi connectivity index (χ1v) is 9.10. The Bertz CT molecular complexity index is 793. The Labute approximate surface area is 160 Å². The summed E-state index contributed by atoms with van der Waals surface area (Å²) in [6.07, 6.45) is 4.26. The number of carbonyl (C=O) groups excluding carboxylic acids is 1. The van der Waals surface area contributed by atoms with E-state index >= 15 is 0 Å². The van der Waals surface area contributed by atoms with E-state index in [4.69, 9.17) is 9.47 Å². The zero-order valence-corrected chi connectivity index (χ0v) is 16.4. The van der Waals surface area contributed by atoms with Crippen molar-refractivity contribution in [1.29, 1.82) is 0 Å². The topological polar surface area (TPSA) is 63.7 Å². The first kappa shape index (κ1) is 19.2. The van der Waals surface area contributed by atoms with Crippen LogP contribution in [0.1, 0.15) is 37.4 Å². The van der Waals surface area contributed by atoms with Gasteiger partial charge in [0.1, 0.15) is 17.1 Å². The van der Waals surface area contributed by atoms with Gasteiger partial charge >= 0.3 is 0 Å². The number of benzene rings is 1. The number of fused-ring (bicyclic) bond motifs is 1. The lowest BCUT2D eigenvalue weighted by molar-refractivity contribution is -0.123. The first-order valence-electron chi connectivity index (χ1n) is 9.10. The van der Waals surface area contributed by atoms with Crippen LogP contribution in [0.2, 0.25) is 0 Å². The highest BCUT2D eigenvalue weighted by Crippen LogP contribution is 2.41.